The Balaban J connectivity index is 2.30. The largest absolute Gasteiger partial charge is 0.495 e. The predicted molar refractivity (Wildman–Crippen MR) is 81.8 cm³/mol. The van der Waals surface area contributed by atoms with Crippen LogP contribution in [-0.4, -0.2) is 19.5 Å². The van der Waals surface area contributed by atoms with Gasteiger partial charge in [0.2, 0.25) is 0 Å². The molecule has 0 fully saturated rings. The fourth-order valence-electron chi connectivity index (χ4n) is 2.30. The molecular weight excluding hydrogens is 326 g/mol. The van der Waals surface area contributed by atoms with E-state index in [1.165, 1.54) is 31.5 Å². The van der Waals surface area contributed by atoms with E-state index in [-0.39, 0.29) is 21.8 Å². The maximum Gasteiger partial charge on any atom is 0.271 e. The van der Waals surface area contributed by atoms with E-state index in [1.807, 2.05) is 0 Å². The molecule has 0 aliphatic heterocycles. The number of rotatable bonds is 3. The molecule has 0 aliphatic rings. The quantitative estimate of drug-likeness (QED) is 0.745. The Bertz CT molecular complexity index is 1010. The summed E-state index contributed by atoms with van der Waals surface area (Å²) in [5, 5.41) is 0.545. The first-order chi connectivity index (χ1) is 10.8. The number of anilines is 1. The molecule has 0 bridgehead atoms. The standard InChI is InChI=1S/C15H12F2N2O3S/c1-22-14-7-11(17)12(18)8-15(14)23(20,21)19-5-4-9-2-3-10(16)6-13(9)19/h2-8H,18H2,1H3. The van der Waals surface area contributed by atoms with Crippen molar-refractivity contribution in [1.29, 1.82) is 0 Å². The molecule has 5 nitrogen and oxygen atoms in total. The van der Waals surface area contributed by atoms with Gasteiger partial charge in [-0.3, -0.25) is 0 Å². The number of ether oxygens (including phenoxy) is 1. The monoisotopic (exact) mass is 338 g/mol. The summed E-state index contributed by atoms with van der Waals surface area (Å²) >= 11 is 0. The molecule has 0 saturated heterocycles. The minimum Gasteiger partial charge on any atom is -0.495 e. The normalized spacial score (nSPS) is 11.8. The lowest BCUT2D eigenvalue weighted by molar-refractivity contribution is 0.399. The third kappa shape index (κ3) is 2.40. The van der Waals surface area contributed by atoms with Crippen molar-refractivity contribution in [3.05, 3.63) is 54.2 Å². The molecule has 8 heteroatoms. The molecule has 0 aliphatic carbocycles. The first-order valence-corrected chi connectivity index (χ1v) is 7.94. The van der Waals surface area contributed by atoms with E-state index in [2.05, 4.69) is 0 Å². The van der Waals surface area contributed by atoms with Crippen molar-refractivity contribution in [2.75, 3.05) is 12.8 Å². The Morgan fingerprint density at radius 3 is 2.57 bits per heavy atom. The van der Waals surface area contributed by atoms with Gasteiger partial charge in [-0.05, 0) is 30.3 Å². The van der Waals surface area contributed by atoms with E-state index in [4.69, 9.17) is 10.5 Å². The van der Waals surface area contributed by atoms with Crippen LogP contribution >= 0.6 is 0 Å². The Morgan fingerprint density at radius 1 is 1.13 bits per heavy atom. The molecular formula is C15H12F2N2O3S. The highest BCUT2D eigenvalue weighted by molar-refractivity contribution is 7.90. The zero-order valence-corrected chi connectivity index (χ0v) is 12.8. The minimum absolute atomic E-state index is 0.162. The summed E-state index contributed by atoms with van der Waals surface area (Å²) in [5.41, 5.74) is 5.30. The Morgan fingerprint density at radius 2 is 1.87 bits per heavy atom. The van der Waals surface area contributed by atoms with Gasteiger partial charge in [-0.1, -0.05) is 0 Å². The van der Waals surface area contributed by atoms with Crippen LogP contribution in [0.3, 0.4) is 0 Å². The fourth-order valence-corrected chi connectivity index (χ4v) is 3.83. The van der Waals surface area contributed by atoms with Gasteiger partial charge in [0.1, 0.15) is 22.3 Å². The summed E-state index contributed by atoms with van der Waals surface area (Å²) in [6, 6.07) is 7.21. The van der Waals surface area contributed by atoms with Gasteiger partial charge < -0.3 is 10.5 Å². The molecule has 1 heterocycles. The van der Waals surface area contributed by atoms with Crippen LogP contribution in [-0.2, 0) is 10.0 Å². The fraction of sp³-hybridized carbons (Fsp3) is 0.0667. The number of nitrogens with zero attached hydrogens (tertiary/aromatic N) is 1. The number of fused-ring (bicyclic) bond motifs is 1. The Hall–Kier alpha value is -2.61. The average Bonchev–Trinajstić information content (AvgIpc) is 2.93. The van der Waals surface area contributed by atoms with Crippen molar-refractivity contribution in [3.63, 3.8) is 0 Å². The van der Waals surface area contributed by atoms with Crippen LogP contribution in [0, 0.1) is 11.6 Å². The smallest absolute Gasteiger partial charge is 0.271 e. The van der Waals surface area contributed by atoms with Gasteiger partial charge in [-0.15, -0.1) is 0 Å². The van der Waals surface area contributed by atoms with E-state index in [9.17, 15) is 17.2 Å². The van der Waals surface area contributed by atoms with Crippen molar-refractivity contribution in [2.45, 2.75) is 4.90 Å². The first kappa shape index (κ1) is 15.3. The van der Waals surface area contributed by atoms with Crippen molar-refractivity contribution in [2.24, 2.45) is 0 Å². The number of methoxy groups -OCH3 is 1. The third-order valence-corrected chi connectivity index (χ3v) is 5.15. The van der Waals surface area contributed by atoms with Gasteiger partial charge >= 0.3 is 0 Å². The molecule has 2 N–H and O–H groups in total. The minimum atomic E-state index is -4.14. The van der Waals surface area contributed by atoms with Gasteiger partial charge in [0.15, 0.2) is 0 Å². The van der Waals surface area contributed by atoms with E-state index < -0.39 is 21.7 Å². The molecule has 0 unspecified atom stereocenters. The number of hydrogen-bond donors (Lipinski definition) is 1. The lowest BCUT2D eigenvalue weighted by Crippen LogP contribution is -2.14. The third-order valence-electron chi connectivity index (χ3n) is 3.44. The van der Waals surface area contributed by atoms with E-state index in [0.29, 0.717) is 5.39 Å². The maximum atomic E-state index is 13.5. The van der Waals surface area contributed by atoms with Crippen LogP contribution in [0.5, 0.6) is 5.75 Å². The predicted octanol–water partition coefficient (Wildman–Crippen LogP) is 2.75. The summed E-state index contributed by atoms with van der Waals surface area (Å²) in [6.07, 6.45) is 1.29. The molecule has 0 atom stereocenters. The van der Waals surface area contributed by atoms with Crippen molar-refractivity contribution in [3.8, 4) is 5.75 Å². The number of benzene rings is 2. The molecule has 0 spiro atoms. The van der Waals surface area contributed by atoms with Gasteiger partial charge in [0.25, 0.3) is 10.0 Å². The van der Waals surface area contributed by atoms with Crippen LogP contribution < -0.4 is 10.5 Å². The highest BCUT2D eigenvalue weighted by Crippen LogP contribution is 2.32. The summed E-state index contributed by atoms with van der Waals surface area (Å²) in [5.74, 6) is -1.54. The van der Waals surface area contributed by atoms with Crippen molar-refractivity contribution in [1.82, 2.24) is 3.97 Å². The molecule has 120 valence electrons. The Kier molecular flexibility index (Phi) is 3.48. The summed E-state index contributed by atoms with van der Waals surface area (Å²) in [7, 11) is -2.92. The molecule has 0 saturated carbocycles. The second-order valence-electron chi connectivity index (χ2n) is 4.84. The number of nitrogens with two attached hydrogens (primary N) is 1. The van der Waals surface area contributed by atoms with Crippen molar-refractivity contribution >= 4 is 26.6 Å². The molecule has 23 heavy (non-hydrogen) atoms. The second kappa shape index (κ2) is 5.24. The van der Waals surface area contributed by atoms with Crippen molar-refractivity contribution < 1.29 is 21.9 Å². The van der Waals surface area contributed by atoms with Gasteiger partial charge in [-0.2, -0.15) is 0 Å². The maximum absolute atomic E-state index is 13.5. The van der Waals surface area contributed by atoms with Crippen LogP contribution in [0.1, 0.15) is 0 Å². The highest BCUT2D eigenvalue weighted by atomic mass is 32.2. The first-order valence-electron chi connectivity index (χ1n) is 6.50. The Labute approximate surface area is 130 Å². The average molecular weight is 338 g/mol. The zero-order valence-electron chi connectivity index (χ0n) is 12.0. The lowest BCUT2D eigenvalue weighted by atomic mass is 10.2. The molecule has 1 aromatic heterocycles. The molecule has 0 amide bonds. The number of aromatic nitrogens is 1. The molecule has 3 rings (SSSR count). The summed E-state index contributed by atoms with van der Waals surface area (Å²) < 4.78 is 58.5. The topological polar surface area (TPSA) is 74.3 Å². The molecule has 0 radical (unpaired) electrons. The van der Waals surface area contributed by atoms with Gasteiger partial charge in [0, 0.05) is 17.6 Å². The van der Waals surface area contributed by atoms with Crippen LogP contribution in [0.25, 0.3) is 10.9 Å². The highest BCUT2D eigenvalue weighted by Gasteiger charge is 2.25. The summed E-state index contributed by atoms with van der Waals surface area (Å²) in [6.45, 7) is 0. The number of hydrogen-bond acceptors (Lipinski definition) is 4. The van der Waals surface area contributed by atoms with Gasteiger partial charge in [0.05, 0.1) is 18.3 Å². The molecule has 3 aromatic rings. The summed E-state index contributed by atoms with van der Waals surface area (Å²) in [4.78, 5) is -0.305. The van der Waals surface area contributed by atoms with Crippen LogP contribution in [0.15, 0.2) is 47.5 Å². The number of halogens is 2. The van der Waals surface area contributed by atoms with Gasteiger partial charge in [-0.25, -0.2) is 21.2 Å². The SMILES string of the molecule is COc1cc(F)c(N)cc1S(=O)(=O)n1ccc2ccc(F)cc21. The lowest BCUT2D eigenvalue weighted by Gasteiger charge is -2.12. The van der Waals surface area contributed by atoms with E-state index >= 15 is 0 Å². The molecule has 2 aromatic carbocycles. The van der Waals surface area contributed by atoms with Crippen LogP contribution in [0.2, 0.25) is 0 Å². The second-order valence-corrected chi connectivity index (χ2v) is 6.63. The zero-order chi connectivity index (χ0) is 16.8. The van der Waals surface area contributed by atoms with E-state index in [0.717, 1.165) is 22.2 Å². The van der Waals surface area contributed by atoms with E-state index in [1.54, 1.807) is 0 Å². The van der Waals surface area contributed by atoms with Crippen LogP contribution in [0.4, 0.5) is 14.5 Å². The number of nitrogen functional groups attached to an aromatic ring is 1.